The number of aromatic nitrogens is 4. The van der Waals surface area contributed by atoms with Crippen LogP contribution in [0.1, 0.15) is 44.9 Å². The maximum absolute atomic E-state index is 14.0. The van der Waals surface area contributed by atoms with E-state index in [0.29, 0.717) is 35.2 Å². The third-order valence-corrected chi connectivity index (χ3v) is 7.00. The number of benzene rings is 1. The molecule has 11 heteroatoms. The number of carbonyl (C=O) groups excluding carboxylic acids is 1. The fraction of sp³-hybridized carbons (Fsp3) is 0.310. The minimum atomic E-state index is -4.56. The summed E-state index contributed by atoms with van der Waals surface area (Å²) < 4.78 is 43.6. The molecular weight excluding hydrogens is 519 g/mol. The molecule has 3 aromatic heterocycles. The van der Waals surface area contributed by atoms with Gasteiger partial charge in [0.05, 0.1) is 23.0 Å². The molecule has 1 N–H and O–H groups in total. The largest absolute Gasteiger partial charge is 0.416 e. The SMILES string of the molecule is Cc1ncc(C(=O)Nc2ccc(CN3CCC(N(C)C)C3)c(C(F)(F)F)c2)cc1C#Cc1cnc2cccnn12. The maximum atomic E-state index is 14.0. The highest BCUT2D eigenvalue weighted by molar-refractivity contribution is 6.04. The van der Waals surface area contributed by atoms with E-state index in [1.165, 1.54) is 18.3 Å². The van der Waals surface area contributed by atoms with Crippen molar-refractivity contribution in [3.05, 3.63) is 88.6 Å². The Hall–Kier alpha value is -4.27. The van der Waals surface area contributed by atoms with Crippen molar-refractivity contribution in [2.45, 2.75) is 32.1 Å². The molecule has 1 aromatic carbocycles. The molecule has 4 heterocycles. The Balaban J connectivity index is 1.34. The number of rotatable bonds is 5. The van der Waals surface area contributed by atoms with Gasteiger partial charge in [0, 0.05) is 49.3 Å². The second-order valence-corrected chi connectivity index (χ2v) is 10.0. The number of likely N-dealkylation sites (N-methyl/N-ethyl adjacent to an activating group) is 1. The van der Waals surface area contributed by atoms with Crippen LogP contribution in [0.4, 0.5) is 18.9 Å². The van der Waals surface area contributed by atoms with Gasteiger partial charge >= 0.3 is 6.18 Å². The smallest absolute Gasteiger partial charge is 0.322 e. The minimum absolute atomic E-state index is 0.0543. The van der Waals surface area contributed by atoms with Gasteiger partial charge in [0.25, 0.3) is 5.91 Å². The van der Waals surface area contributed by atoms with Crippen molar-refractivity contribution in [3.63, 3.8) is 0 Å². The number of halogens is 3. The first kappa shape index (κ1) is 27.3. The molecule has 0 radical (unpaired) electrons. The van der Waals surface area contributed by atoms with Crippen molar-refractivity contribution in [2.75, 3.05) is 32.5 Å². The topological polar surface area (TPSA) is 78.7 Å². The molecule has 4 aromatic rings. The van der Waals surface area contributed by atoms with Crippen molar-refractivity contribution in [2.24, 2.45) is 0 Å². The molecule has 0 aliphatic carbocycles. The van der Waals surface area contributed by atoms with Crippen LogP contribution < -0.4 is 5.32 Å². The van der Waals surface area contributed by atoms with Crippen LogP contribution in [0.25, 0.3) is 5.65 Å². The Labute approximate surface area is 229 Å². The molecule has 5 rings (SSSR count). The van der Waals surface area contributed by atoms with Gasteiger partial charge in [-0.2, -0.15) is 18.3 Å². The van der Waals surface area contributed by atoms with Gasteiger partial charge in [-0.15, -0.1) is 0 Å². The number of imidazole rings is 1. The number of alkyl halides is 3. The number of hydrogen-bond donors (Lipinski definition) is 1. The summed E-state index contributed by atoms with van der Waals surface area (Å²) in [4.78, 5) is 25.6. The summed E-state index contributed by atoms with van der Waals surface area (Å²) >= 11 is 0. The first-order valence-corrected chi connectivity index (χ1v) is 12.8. The van der Waals surface area contributed by atoms with Gasteiger partial charge in [-0.3, -0.25) is 14.7 Å². The van der Waals surface area contributed by atoms with Gasteiger partial charge in [-0.05, 0) is 69.3 Å². The first-order chi connectivity index (χ1) is 19.1. The van der Waals surface area contributed by atoms with E-state index in [1.54, 1.807) is 42.0 Å². The predicted molar refractivity (Wildman–Crippen MR) is 145 cm³/mol. The van der Waals surface area contributed by atoms with E-state index in [1.807, 2.05) is 19.0 Å². The normalized spacial score (nSPS) is 15.8. The molecule has 1 unspecified atom stereocenters. The average Bonchev–Trinajstić information content (AvgIpc) is 3.56. The summed E-state index contributed by atoms with van der Waals surface area (Å²) in [5.74, 6) is 5.41. The molecule has 8 nitrogen and oxygen atoms in total. The van der Waals surface area contributed by atoms with E-state index < -0.39 is 17.6 Å². The molecule has 0 bridgehead atoms. The highest BCUT2D eigenvalue weighted by Crippen LogP contribution is 2.35. The molecule has 0 spiro atoms. The van der Waals surface area contributed by atoms with Crippen LogP contribution in [-0.4, -0.2) is 68.5 Å². The van der Waals surface area contributed by atoms with Crippen LogP contribution in [-0.2, 0) is 12.7 Å². The number of anilines is 1. The van der Waals surface area contributed by atoms with Crippen LogP contribution in [0.5, 0.6) is 0 Å². The van der Waals surface area contributed by atoms with Gasteiger partial charge in [0.15, 0.2) is 5.65 Å². The first-order valence-electron chi connectivity index (χ1n) is 12.8. The number of hydrogen-bond acceptors (Lipinski definition) is 6. The average molecular weight is 548 g/mol. The standard InChI is InChI=1S/C29H28F3N7O/c1-19-20(7-9-24-16-34-27-5-4-11-35-39(24)27)13-22(15-33-19)28(40)36-23-8-6-21(26(14-23)29(30,31)32)17-38-12-10-25(18-38)37(2)3/h4-6,8,11,13-16,25H,10,12,17-18H2,1-3H3,(H,36,40). The summed E-state index contributed by atoms with van der Waals surface area (Å²) in [6.07, 6.45) is 0.953. The Morgan fingerprint density at radius 3 is 2.73 bits per heavy atom. The van der Waals surface area contributed by atoms with E-state index in [2.05, 4.69) is 37.1 Å². The third-order valence-electron chi connectivity index (χ3n) is 7.00. The molecule has 0 saturated carbocycles. The number of likely N-dealkylation sites (tertiary alicyclic amines) is 1. The van der Waals surface area contributed by atoms with Crippen molar-refractivity contribution in [1.82, 2.24) is 29.4 Å². The second kappa shape index (κ2) is 11.1. The van der Waals surface area contributed by atoms with Gasteiger partial charge in [0.1, 0.15) is 5.69 Å². The Morgan fingerprint density at radius 1 is 1.15 bits per heavy atom. The monoisotopic (exact) mass is 547 g/mol. The van der Waals surface area contributed by atoms with E-state index in [0.717, 1.165) is 19.0 Å². The molecule has 1 amide bonds. The number of aryl methyl sites for hydroxylation is 1. The molecule has 1 saturated heterocycles. The molecule has 1 aliphatic heterocycles. The zero-order chi connectivity index (χ0) is 28.4. The number of nitrogens with one attached hydrogen (secondary N) is 1. The van der Waals surface area contributed by atoms with Gasteiger partial charge in [0.2, 0.25) is 0 Å². The fourth-order valence-corrected chi connectivity index (χ4v) is 4.71. The minimum Gasteiger partial charge on any atom is -0.322 e. The molecule has 206 valence electrons. The summed E-state index contributed by atoms with van der Waals surface area (Å²) in [6, 6.07) is 9.40. The third kappa shape index (κ3) is 5.98. The molecule has 40 heavy (non-hydrogen) atoms. The Kier molecular flexibility index (Phi) is 7.56. The summed E-state index contributed by atoms with van der Waals surface area (Å²) in [5, 5.41) is 6.81. The lowest BCUT2D eigenvalue weighted by atomic mass is 10.0. The molecule has 1 aliphatic rings. The van der Waals surface area contributed by atoms with Crippen molar-refractivity contribution < 1.29 is 18.0 Å². The Morgan fingerprint density at radius 2 is 1.98 bits per heavy atom. The zero-order valence-electron chi connectivity index (χ0n) is 22.3. The maximum Gasteiger partial charge on any atom is 0.416 e. The lowest BCUT2D eigenvalue weighted by Crippen LogP contribution is -2.31. The van der Waals surface area contributed by atoms with Crippen LogP contribution in [0.15, 0.2) is 55.0 Å². The van der Waals surface area contributed by atoms with Gasteiger partial charge < -0.3 is 10.2 Å². The van der Waals surface area contributed by atoms with Crippen molar-refractivity contribution in [3.8, 4) is 11.8 Å². The summed E-state index contributed by atoms with van der Waals surface area (Å²) in [7, 11) is 3.95. The lowest BCUT2D eigenvalue weighted by molar-refractivity contribution is -0.138. The number of amides is 1. The second-order valence-electron chi connectivity index (χ2n) is 10.0. The van der Waals surface area contributed by atoms with Crippen LogP contribution >= 0.6 is 0 Å². The number of carbonyl (C=O) groups is 1. The molecule has 1 fully saturated rings. The highest BCUT2D eigenvalue weighted by Gasteiger charge is 2.35. The number of fused-ring (bicyclic) bond motifs is 1. The summed E-state index contributed by atoms with van der Waals surface area (Å²) in [6.45, 7) is 3.40. The quantitative estimate of drug-likeness (QED) is 0.377. The van der Waals surface area contributed by atoms with Gasteiger partial charge in [-0.1, -0.05) is 12.0 Å². The number of pyridine rings is 1. The van der Waals surface area contributed by atoms with E-state index in [-0.39, 0.29) is 23.4 Å². The fourth-order valence-electron chi connectivity index (χ4n) is 4.71. The summed E-state index contributed by atoms with van der Waals surface area (Å²) in [5.41, 5.74) is 1.98. The van der Waals surface area contributed by atoms with E-state index in [9.17, 15) is 18.0 Å². The highest BCUT2D eigenvalue weighted by atomic mass is 19.4. The molecule has 1 atom stereocenters. The van der Waals surface area contributed by atoms with Crippen molar-refractivity contribution in [1.29, 1.82) is 0 Å². The zero-order valence-corrected chi connectivity index (χ0v) is 22.3. The van der Waals surface area contributed by atoms with E-state index in [4.69, 9.17) is 0 Å². The van der Waals surface area contributed by atoms with Crippen LogP contribution in [0, 0.1) is 18.8 Å². The van der Waals surface area contributed by atoms with Crippen molar-refractivity contribution >= 4 is 17.2 Å². The number of nitrogens with zero attached hydrogens (tertiary/aromatic N) is 6. The lowest BCUT2D eigenvalue weighted by Gasteiger charge is -2.22. The van der Waals surface area contributed by atoms with Gasteiger partial charge in [-0.25, -0.2) is 9.50 Å². The Bertz CT molecular complexity index is 1620. The van der Waals surface area contributed by atoms with E-state index >= 15 is 0 Å². The molecular formula is C29H28F3N7O. The predicted octanol–water partition coefficient (Wildman–Crippen LogP) is 4.24. The van der Waals surface area contributed by atoms with Crippen LogP contribution in [0.3, 0.4) is 0 Å². The van der Waals surface area contributed by atoms with Crippen LogP contribution in [0.2, 0.25) is 0 Å².